The number of aryl methyl sites for hydroxylation is 2. The van der Waals surface area contributed by atoms with Gasteiger partial charge in [0, 0.05) is 28.7 Å². The van der Waals surface area contributed by atoms with Gasteiger partial charge in [-0.3, -0.25) is 4.98 Å². The van der Waals surface area contributed by atoms with E-state index in [9.17, 15) is 0 Å². The Morgan fingerprint density at radius 1 is 0.791 bits per heavy atom. The van der Waals surface area contributed by atoms with Gasteiger partial charge >= 0.3 is 0 Å². The summed E-state index contributed by atoms with van der Waals surface area (Å²) in [5.41, 5.74) is 7.76. The van der Waals surface area contributed by atoms with Gasteiger partial charge in [-0.25, -0.2) is 0 Å². The second-order valence-corrected chi connectivity index (χ2v) is 11.4. The summed E-state index contributed by atoms with van der Waals surface area (Å²) < 4.78 is 8.56. The summed E-state index contributed by atoms with van der Waals surface area (Å²) in [6.45, 7) is 6.43. The van der Waals surface area contributed by atoms with Crippen molar-refractivity contribution in [2.24, 2.45) is 0 Å². The summed E-state index contributed by atoms with van der Waals surface area (Å²) in [4.78, 5) is 6.97. The van der Waals surface area contributed by atoms with E-state index in [1.165, 1.54) is 33.4 Å². The Bertz CT molecular complexity index is 1940. The lowest BCUT2D eigenvalue weighted by atomic mass is 9.96. The average Bonchev–Trinajstić information content (AvgIpc) is 3.53. The smallest absolute Gasteiger partial charge is 0.174 e. The molecule has 0 amide bonds. The molecule has 0 saturated carbocycles. The van der Waals surface area contributed by atoms with E-state index in [-0.39, 0.29) is 12.1 Å². The number of hydrogen-bond acceptors (Lipinski definition) is 3. The number of anilines is 1. The van der Waals surface area contributed by atoms with E-state index in [0.717, 1.165) is 28.4 Å². The number of pyridine rings is 1. The SMILES string of the molecule is Cc1ccccc1Oc1ccc(N2C(=S)N[C@H](c3ccccn3)[C@H]2c2cc(C)n(-c3cccc4ccccc34)c2C)cc1. The molecule has 4 aromatic carbocycles. The lowest BCUT2D eigenvalue weighted by Gasteiger charge is -2.28. The molecular weight excluding hydrogens is 549 g/mol. The van der Waals surface area contributed by atoms with Gasteiger partial charge in [0.15, 0.2) is 5.11 Å². The number of aromatic nitrogens is 2. The Morgan fingerprint density at radius 3 is 2.33 bits per heavy atom. The van der Waals surface area contributed by atoms with E-state index in [1.54, 1.807) is 0 Å². The van der Waals surface area contributed by atoms with E-state index < -0.39 is 0 Å². The van der Waals surface area contributed by atoms with Crippen LogP contribution in [0.2, 0.25) is 0 Å². The maximum Gasteiger partial charge on any atom is 0.174 e. The number of nitrogens with zero attached hydrogens (tertiary/aromatic N) is 3. The lowest BCUT2D eigenvalue weighted by molar-refractivity contribution is 0.479. The van der Waals surface area contributed by atoms with Gasteiger partial charge < -0.3 is 19.5 Å². The molecule has 0 unspecified atom stereocenters. The van der Waals surface area contributed by atoms with E-state index in [2.05, 4.69) is 108 Å². The molecule has 0 spiro atoms. The Hall–Kier alpha value is -4.94. The number of ether oxygens (including phenoxy) is 1. The van der Waals surface area contributed by atoms with Crippen LogP contribution in [-0.4, -0.2) is 14.7 Å². The molecule has 6 aromatic rings. The molecule has 1 aliphatic heterocycles. The molecule has 0 bridgehead atoms. The molecule has 2 aromatic heterocycles. The summed E-state index contributed by atoms with van der Waals surface area (Å²) in [7, 11) is 0. The van der Waals surface area contributed by atoms with E-state index in [0.29, 0.717) is 5.11 Å². The molecule has 43 heavy (non-hydrogen) atoms. The first kappa shape index (κ1) is 26.9. The predicted octanol–water partition coefficient (Wildman–Crippen LogP) is 8.92. The fourth-order valence-corrected chi connectivity index (χ4v) is 6.63. The van der Waals surface area contributed by atoms with Gasteiger partial charge in [0.2, 0.25) is 0 Å². The molecule has 2 atom stereocenters. The lowest BCUT2D eigenvalue weighted by Crippen LogP contribution is -2.29. The maximum atomic E-state index is 6.20. The third-order valence-corrected chi connectivity index (χ3v) is 8.65. The molecule has 1 saturated heterocycles. The van der Waals surface area contributed by atoms with Crippen LogP contribution in [0.4, 0.5) is 5.69 Å². The number of nitrogens with one attached hydrogen (secondary N) is 1. The monoisotopic (exact) mass is 580 g/mol. The van der Waals surface area contributed by atoms with Gasteiger partial charge in [-0.1, -0.05) is 60.7 Å². The minimum Gasteiger partial charge on any atom is -0.457 e. The van der Waals surface area contributed by atoms with Crippen molar-refractivity contribution in [1.29, 1.82) is 0 Å². The van der Waals surface area contributed by atoms with Crippen LogP contribution in [0.1, 0.15) is 40.3 Å². The number of fused-ring (bicyclic) bond motifs is 1. The van der Waals surface area contributed by atoms with Gasteiger partial charge in [0.1, 0.15) is 11.5 Å². The van der Waals surface area contributed by atoms with Crippen molar-refractivity contribution in [3.8, 4) is 17.2 Å². The Balaban J connectivity index is 1.32. The minimum atomic E-state index is -0.127. The van der Waals surface area contributed by atoms with Crippen molar-refractivity contribution < 1.29 is 4.74 Å². The number of benzene rings is 4. The van der Waals surface area contributed by atoms with Crippen LogP contribution in [0.3, 0.4) is 0 Å². The molecule has 1 aliphatic rings. The molecule has 0 radical (unpaired) electrons. The highest BCUT2D eigenvalue weighted by atomic mass is 32.1. The second-order valence-electron chi connectivity index (χ2n) is 11.0. The Labute approximate surface area is 257 Å². The average molecular weight is 581 g/mol. The third-order valence-electron chi connectivity index (χ3n) is 8.33. The summed E-state index contributed by atoms with van der Waals surface area (Å²) in [6.07, 6.45) is 1.84. The molecule has 0 aliphatic carbocycles. The first-order chi connectivity index (χ1) is 21.0. The van der Waals surface area contributed by atoms with Crippen LogP contribution in [0.25, 0.3) is 16.5 Å². The molecule has 1 fully saturated rings. The van der Waals surface area contributed by atoms with Gasteiger partial charge in [-0.05, 0) is 104 Å². The van der Waals surface area contributed by atoms with Crippen LogP contribution in [0, 0.1) is 20.8 Å². The van der Waals surface area contributed by atoms with Crippen LogP contribution < -0.4 is 15.0 Å². The number of rotatable bonds is 6. The van der Waals surface area contributed by atoms with E-state index in [1.807, 2.05) is 48.7 Å². The van der Waals surface area contributed by atoms with Crippen LogP contribution in [0.5, 0.6) is 11.5 Å². The normalized spacial score (nSPS) is 16.4. The van der Waals surface area contributed by atoms with Gasteiger partial charge in [-0.15, -0.1) is 0 Å². The van der Waals surface area contributed by atoms with Crippen molar-refractivity contribution in [3.63, 3.8) is 0 Å². The fraction of sp³-hybridized carbons (Fsp3) is 0.135. The third kappa shape index (κ3) is 4.84. The molecule has 5 nitrogen and oxygen atoms in total. The summed E-state index contributed by atoms with van der Waals surface area (Å²) in [5, 5.41) is 6.72. The highest BCUT2D eigenvalue weighted by Gasteiger charge is 2.42. The zero-order valence-corrected chi connectivity index (χ0v) is 25.2. The predicted molar refractivity (Wildman–Crippen MR) is 178 cm³/mol. The minimum absolute atomic E-state index is 0.111. The van der Waals surface area contributed by atoms with Crippen molar-refractivity contribution in [1.82, 2.24) is 14.9 Å². The Morgan fingerprint density at radius 2 is 1.53 bits per heavy atom. The Kier molecular flexibility index (Phi) is 6.92. The summed E-state index contributed by atoms with van der Waals surface area (Å²) in [6, 6.07) is 39.4. The highest BCUT2D eigenvalue weighted by Crippen LogP contribution is 2.44. The van der Waals surface area contributed by atoms with Crippen molar-refractivity contribution >= 4 is 33.8 Å². The molecule has 7 rings (SSSR count). The highest BCUT2D eigenvalue weighted by molar-refractivity contribution is 7.80. The van der Waals surface area contributed by atoms with Gasteiger partial charge in [-0.2, -0.15) is 0 Å². The number of para-hydroxylation sites is 1. The summed E-state index contributed by atoms with van der Waals surface area (Å²) in [5.74, 6) is 1.63. The first-order valence-corrected chi connectivity index (χ1v) is 14.9. The van der Waals surface area contributed by atoms with Crippen molar-refractivity contribution in [3.05, 3.63) is 150 Å². The molecule has 212 valence electrons. The maximum absolute atomic E-state index is 6.20. The number of hydrogen-bond donors (Lipinski definition) is 1. The molecule has 1 N–H and O–H groups in total. The number of thiocarbonyl (C=S) groups is 1. The van der Waals surface area contributed by atoms with Crippen LogP contribution in [0.15, 0.2) is 121 Å². The molecule has 6 heteroatoms. The van der Waals surface area contributed by atoms with Crippen molar-refractivity contribution in [2.45, 2.75) is 32.9 Å². The van der Waals surface area contributed by atoms with Crippen molar-refractivity contribution in [2.75, 3.05) is 4.90 Å². The van der Waals surface area contributed by atoms with Crippen LogP contribution >= 0.6 is 12.2 Å². The zero-order valence-electron chi connectivity index (χ0n) is 24.4. The zero-order chi connectivity index (χ0) is 29.5. The fourth-order valence-electron chi connectivity index (χ4n) is 6.28. The molecular formula is C37H32N4OS. The molecule has 3 heterocycles. The quantitative estimate of drug-likeness (QED) is 0.199. The van der Waals surface area contributed by atoms with Crippen LogP contribution in [-0.2, 0) is 0 Å². The van der Waals surface area contributed by atoms with E-state index >= 15 is 0 Å². The van der Waals surface area contributed by atoms with E-state index in [4.69, 9.17) is 21.9 Å². The van der Waals surface area contributed by atoms with Gasteiger partial charge in [0.25, 0.3) is 0 Å². The largest absolute Gasteiger partial charge is 0.457 e. The summed E-state index contributed by atoms with van der Waals surface area (Å²) >= 11 is 6.02. The van der Waals surface area contributed by atoms with Gasteiger partial charge in [0.05, 0.1) is 23.5 Å². The first-order valence-electron chi connectivity index (χ1n) is 14.5. The second kappa shape index (κ2) is 11.0. The standard InChI is InChI=1S/C37H32N4OS/c1-24-11-4-7-17-34(24)42-29-20-18-28(19-21-29)41-36(35(39-37(41)43)32-15-8-9-22-38-32)31-23-25(2)40(26(31)3)33-16-10-13-27-12-5-6-14-30(27)33/h4-23,35-36H,1-3H3,(H,39,43)/t35-,36-/m1/s1. The topological polar surface area (TPSA) is 42.3 Å².